The molecule has 4 heteroatoms. The van der Waals surface area contributed by atoms with Crippen LogP contribution in [0.25, 0.3) is 0 Å². The number of ether oxygens (including phenoxy) is 1. The van der Waals surface area contributed by atoms with Crippen LogP contribution in [0.5, 0.6) is 0 Å². The average Bonchev–Trinajstić information content (AvgIpc) is 2.37. The Labute approximate surface area is 115 Å². The van der Waals surface area contributed by atoms with E-state index in [0.717, 1.165) is 30.0 Å². The van der Waals surface area contributed by atoms with Crippen LogP contribution in [-0.4, -0.2) is 31.3 Å². The number of aryl methyl sites for hydroxylation is 1. The normalized spacial score (nSPS) is 11.0. The Morgan fingerprint density at radius 1 is 1.39 bits per heavy atom. The molecule has 0 saturated heterocycles. The van der Waals surface area contributed by atoms with Crippen LogP contribution in [0.15, 0.2) is 12.1 Å². The van der Waals surface area contributed by atoms with Crippen molar-refractivity contribution in [3.63, 3.8) is 0 Å². The number of hydrogen-bond acceptors (Lipinski definition) is 3. The molecule has 0 atom stereocenters. The molecular formula is C14H23ClN2O. The topological polar surface area (TPSA) is 25.4 Å². The molecule has 0 radical (unpaired) electrons. The summed E-state index contributed by atoms with van der Waals surface area (Å²) in [6, 6.07) is 4.11. The van der Waals surface area contributed by atoms with Gasteiger partial charge in [0.15, 0.2) is 0 Å². The van der Waals surface area contributed by atoms with Gasteiger partial charge in [0, 0.05) is 25.2 Å². The zero-order valence-electron chi connectivity index (χ0n) is 11.7. The standard InChI is InChI=1S/C14H23ClN2O/c1-5-13-8-12(10-15)9-14(16-13)17(4)6-7-18-11(2)3/h8-9,11H,5-7,10H2,1-4H3. The molecule has 1 heterocycles. The van der Waals surface area contributed by atoms with Gasteiger partial charge in [0.25, 0.3) is 0 Å². The Hall–Kier alpha value is -0.800. The SMILES string of the molecule is CCc1cc(CCl)cc(N(C)CCOC(C)C)n1. The highest BCUT2D eigenvalue weighted by atomic mass is 35.5. The average molecular weight is 271 g/mol. The molecule has 0 amide bonds. The van der Waals surface area contributed by atoms with Crippen molar-refractivity contribution in [3.8, 4) is 0 Å². The molecule has 18 heavy (non-hydrogen) atoms. The van der Waals surface area contributed by atoms with Crippen molar-refractivity contribution in [1.29, 1.82) is 0 Å². The first-order valence-electron chi connectivity index (χ1n) is 6.45. The van der Waals surface area contributed by atoms with Crippen LogP contribution in [-0.2, 0) is 17.0 Å². The summed E-state index contributed by atoms with van der Waals surface area (Å²) in [4.78, 5) is 6.72. The lowest BCUT2D eigenvalue weighted by Gasteiger charge is -2.20. The molecule has 3 nitrogen and oxygen atoms in total. The molecule has 0 aliphatic heterocycles. The van der Waals surface area contributed by atoms with Crippen LogP contribution in [0.4, 0.5) is 5.82 Å². The fraction of sp³-hybridized carbons (Fsp3) is 0.643. The zero-order chi connectivity index (χ0) is 13.5. The molecule has 0 spiro atoms. The number of anilines is 1. The molecule has 0 saturated carbocycles. The minimum Gasteiger partial charge on any atom is -0.377 e. The number of rotatable bonds is 7. The van der Waals surface area contributed by atoms with Crippen LogP contribution in [0.2, 0.25) is 0 Å². The van der Waals surface area contributed by atoms with Gasteiger partial charge in [-0.25, -0.2) is 4.98 Å². The van der Waals surface area contributed by atoms with E-state index in [1.807, 2.05) is 27.0 Å². The number of halogens is 1. The monoisotopic (exact) mass is 270 g/mol. The smallest absolute Gasteiger partial charge is 0.128 e. The summed E-state index contributed by atoms with van der Waals surface area (Å²) < 4.78 is 5.55. The van der Waals surface area contributed by atoms with Gasteiger partial charge in [-0.05, 0) is 38.0 Å². The summed E-state index contributed by atoms with van der Waals surface area (Å²) in [5, 5.41) is 0. The summed E-state index contributed by atoms with van der Waals surface area (Å²) in [6.45, 7) is 7.73. The number of aromatic nitrogens is 1. The Balaban J connectivity index is 2.68. The van der Waals surface area contributed by atoms with Gasteiger partial charge in [0.1, 0.15) is 5.82 Å². The van der Waals surface area contributed by atoms with E-state index in [2.05, 4.69) is 22.9 Å². The predicted octanol–water partition coefficient (Wildman–Crippen LogP) is 3.24. The maximum atomic E-state index is 5.91. The summed E-state index contributed by atoms with van der Waals surface area (Å²) in [6.07, 6.45) is 1.19. The van der Waals surface area contributed by atoms with Gasteiger partial charge in [-0.15, -0.1) is 11.6 Å². The fourth-order valence-electron chi connectivity index (χ4n) is 1.63. The van der Waals surface area contributed by atoms with Crippen LogP contribution >= 0.6 is 11.6 Å². The molecule has 102 valence electrons. The summed E-state index contributed by atoms with van der Waals surface area (Å²) in [5.74, 6) is 1.50. The number of likely N-dealkylation sites (N-methyl/N-ethyl adjacent to an activating group) is 1. The first-order chi connectivity index (χ1) is 8.56. The second kappa shape index (κ2) is 7.59. The van der Waals surface area contributed by atoms with Gasteiger partial charge >= 0.3 is 0 Å². The maximum Gasteiger partial charge on any atom is 0.128 e. The molecule has 0 aliphatic rings. The first-order valence-corrected chi connectivity index (χ1v) is 6.98. The van der Waals surface area contributed by atoms with Crippen molar-refractivity contribution >= 4 is 17.4 Å². The van der Waals surface area contributed by atoms with E-state index < -0.39 is 0 Å². The van der Waals surface area contributed by atoms with E-state index in [9.17, 15) is 0 Å². The molecule has 0 aromatic carbocycles. The quantitative estimate of drug-likeness (QED) is 0.711. The first kappa shape index (κ1) is 15.3. The second-order valence-electron chi connectivity index (χ2n) is 4.65. The third-order valence-electron chi connectivity index (χ3n) is 2.71. The van der Waals surface area contributed by atoms with Gasteiger partial charge in [-0.3, -0.25) is 0 Å². The lowest BCUT2D eigenvalue weighted by Crippen LogP contribution is -2.25. The summed E-state index contributed by atoms with van der Waals surface area (Å²) in [7, 11) is 2.03. The van der Waals surface area contributed by atoms with E-state index >= 15 is 0 Å². The Kier molecular flexibility index (Phi) is 6.44. The third kappa shape index (κ3) is 4.83. The Morgan fingerprint density at radius 2 is 2.11 bits per heavy atom. The highest BCUT2D eigenvalue weighted by molar-refractivity contribution is 6.17. The van der Waals surface area contributed by atoms with Crippen molar-refractivity contribution in [2.24, 2.45) is 0 Å². The van der Waals surface area contributed by atoms with Gasteiger partial charge < -0.3 is 9.64 Å². The molecule has 0 N–H and O–H groups in total. The molecule has 0 fully saturated rings. The Morgan fingerprint density at radius 3 is 2.67 bits per heavy atom. The van der Waals surface area contributed by atoms with Gasteiger partial charge in [-0.1, -0.05) is 6.92 Å². The summed E-state index contributed by atoms with van der Waals surface area (Å²) in [5.41, 5.74) is 2.20. The van der Waals surface area contributed by atoms with E-state index in [0.29, 0.717) is 12.5 Å². The van der Waals surface area contributed by atoms with Crippen molar-refractivity contribution in [3.05, 3.63) is 23.4 Å². The molecule has 1 rings (SSSR count). The molecule has 0 aliphatic carbocycles. The molecule has 1 aromatic heterocycles. The van der Waals surface area contributed by atoms with Gasteiger partial charge in [-0.2, -0.15) is 0 Å². The highest BCUT2D eigenvalue weighted by Gasteiger charge is 2.06. The molecule has 1 aromatic rings. The van der Waals surface area contributed by atoms with Crippen LogP contribution in [0.3, 0.4) is 0 Å². The number of pyridine rings is 1. The highest BCUT2D eigenvalue weighted by Crippen LogP contribution is 2.16. The van der Waals surface area contributed by atoms with E-state index in [4.69, 9.17) is 16.3 Å². The van der Waals surface area contributed by atoms with Gasteiger partial charge in [0.05, 0.1) is 12.7 Å². The van der Waals surface area contributed by atoms with E-state index in [1.165, 1.54) is 0 Å². The Bertz CT molecular complexity index is 347. The molecule has 0 bridgehead atoms. The maximum absolute atomic E-state index is 5.91. The number of nitrogens with zero attached hydrogens (tertiary/aromatic N) is 2. The lowest BCUT2D eigenvalue weighted by atomic mass is 10.2. The molecule has 0 unspecified atom stereocenters. The number of hydrogen-bond donors (Lipinski definition) is 0. The lowest BCUT2D eigenvalue weighted by molar-refractivity contribution is 0.0845. The van der Waals surface area contributed by atoms with Crippen LogP contribution < -0.4 is 4.90 Å². The number of alkyl halides is 1. The molecular weight excluding hydrogens is 248 g/mol. The third-order valence-corrected chi connectivity index (χ3v) is 3.02. The zero-order valence-corrected chi connectivity index (χ0v) is 12.5. The van der Waals surface area contributed by atoms with Gasteiger partial charge in [0.2, 0.25) is 0 Å². The van der Waals surface area contributed by atoms with Crippen LogP contribution in [0, 0.1) is 0 Å². The van der Waals surface area contributed by atoms with E-state index in [-0.39, 0.29) is 6.10 Å². The van der Waals surface area contributed by atoms with Crippen molar-refractivity contribution < 1.29 is 4.74 Å². The van der Waals surface area contributed by atoms with Crippen molar-refractivity contribution in [2.75, 3.05) is 25.1 Å². The minimum absolute atomic E-state index is 0.270. The van der Waals surface area contributed by atoms with Crippen molar-refractivity contribution in [2.45, 2.75) is 39.2 Å². The fourth-order valence-corrected chi connectivity index (χ4v) is 1.78. The largest absolute Gasteiger partial charge is 0.377 e. The van der Waals surface area contributed by atoms with Crippen molar-refractivity contribution in [1.82, 2.24) is 4.98 Å². The summed E-state index contributed by atoms with van der Waals surface area (Å²) >= 11 is 5.91. The van der Waals surface area contributed by atoms with E-state index in [1.54, 1.807) is 0 Å². The van der Waals surface area contributed by atoms with Crippen LogP contribution in [0.1, 0.15) is 32.0 Å². The second-order valence-corrected chi connectivity index (χ2v) is 4.92. The minimum atomic E-state index is 0.270. The predicted molar refractivity (Wildman–Crippen MR) is 77.5 cm³/mol.